The summed E-state index contributed by atoms with van der Waals surface area (Å²) >= 11 is 1.41. The van der Waals surface area contributed by atoms with E-state index in [9.17, 15) is 13.2 Å². The molecule has 24 heavy (non-hydrogen) atoms. The minimum atomic E-state index is -4.58. The lowest BCUT2D eigenvalue weighted by atomic mass is 10.0. The summed E-state index contributed by atoms with van der Waals surface area (Å²) in [6.07, 6.45) is -1.83. The summed E-state index contributed by atoms with van der Waals surface area (Å²) in [6.45, 7) is 6.97. The maximum atomic E-state index is 12.9. The van der Waals surface area contributed by atoms with Gasteiger partial charge in [-0.1, -0.05) is 24.8 Å². The molecular formula is C17H20F3N3S. The second-order valence-electron chi connectivity index (χ2n) is 5.07. The topological polar surface area (TPSA) is 28.0 Å². The third-order valence-electron chi connectivity index (χ3n) is 3.13. The zero-order valence-corrected chi connectivity index (χ0v) is 14.7. The number of hydrogen-bond acceptors (Lipinski definition) is 4. The van der Waals surface area contributed by atoms with E-state index in [1.165, 1.54) is 11.8 Å². The van der Waals surface area contributed by atoms with Crippen molar-refractivity contribution in [1.82, 2.24) is 4.90 Å². The molecular weight excluding hydrogens is 335 g/mol. The first-order valence-corrected chi connectivity index (χ1v) is 8.36. The predicted molar refractivity (Wildman–Crippen MR) is 97.8 cm³/mol. The van der Waals surface area contributed by atoms with Crippen LogP contribution in [0.15, 0.2) is 52.6 Å². The molecule has 1 aromatic rings. The van der Waals surface area contributed by atoms with E-state index >= 15 is 0 Å². The maximum absolute atomic E-state index is 12.9. The molecule has 0 spiro atoms. The molecule has 0 atom stereocenters. The lowest BCUT2D eigenvalue weighted by Gasteiger charge is -2.16. The van der Waals surface area contributed by atoms with E-state index in [0.29, 0.717) is 11.4 Å². The SMILES string of the molecule is C=N/C(=C\C(=N/CSC)c1cccc(C(=C)N(C)C)c1)C(F)(F)F. The van der Waals surface area contributed by atoms with Crippen LogP contribution < -0.4 is 0 Å². The summed E-state index contributed by atoms with van der Waals surface area (Å²) in [4.78, 5) is 9.16. The van der Waals surface area contributed by atoms with Crippen LogP contribution in [0.4, 0.5) is 13.2 Å². The highest BCUT2D eigenvalue weighted by atomic mass is 32.2. The van der Waals surface area contributed by atoms with Gasteiger partial charge < -0.3 is 4.90 Å². The Balaban J connectivity index is 3.38. The smallest absolute Gasteiger partial charge is 0.378 e. The van der Waals surface area contributed by atoms with Crippen LogP contribution in [-0.4, -0.2) is 49.7 Å². The number of hydrogen-bond donors (Lipinski definition) is 0. The van der Waals surface area contributed by atoms with Crippen molar-refractivity contribution in [2.45, 2.75) is 6.18 Å². The van der Waals surface area contributed by atoms with Gasteiger partial charge >= 0.3 is 6.18 Å². The van der Waals surface area contributed by atoms with Gasteiger partial charge in [0.15, 0.2) is 0 Å². The highest BCUT2D eigenvalue weighted by molar-refractivity contribution is 7.98. The van der Waals surface area contributed by atoms with Crippen molar-refractivity contribution < 1.29 is 13.2 Å². The number of thioether (sulfide) groups is 1. The Kier molecular flexibility index (Phi) is 7.28. The molecule has 1 rings (SSSR count). The fourth-order valence-electron chi connectivity index (χ4n) is 1.82. The minimum Gasteiger partial charge on any atom is -0.378 e. The van der Waals surface area contributed by atoms with Gasteiger partial charge in [0.2, 0.25) is 0 Å². The second-order valence-corrected chi connectivity index (χ2v) is 5.90. The molecule has 0 bridgehead atoms. The van der Waals surface area contributed by atoms with Crippen molar-refractivity contribution in [1.29, 1.82) is 0 Å². The number of aliphatic imine (C=N–C) groups is 2. The number of nitrogens with zero attached hydrogens (tertiary/aromatic N) is 3. The number of benzene rings is 1. The van der Waals surface area contributed by atoms with Gasteiger partial charge in [0.25, 0.3) is 0 Å². The Morgan fingerprint density at radius 1 is 1.29 bits per heavy atom. The fraction of sp³-hybridized carbons (Fsp3) is 0.294. The van der Waals surface area contributed by atoms with Crippen LogP contribution in [0.25, 0.3) is 5.70 Å². The zero-order valence-electron chi connectivity index (χ0n) is 13.9. The lowest BCUT2D eigenvalue weighted by molar-refractivity contribution is -0.0921. The van der Waals surface area contributed by atoms with Crippen LogP contribution >= 0.6 is 11.8 Å². The van der Waals surface area contributed by atoms with Gasteiger partial charge in [-0.15, -0.1) is 11.8 Å². The quantitative estimate of drug-likeness (QED) is 0.675. The molecule has 130 valence electrons. The molecule has 0 aliphatic rings. The summed E-state index contributed by atoms with van der Waals surface area (Å²) < 4.78 is 38.8. The number of rotatable bonds is 7. The third-order valence-corrected chi connectivity index (χ3v) is 3.52. The molecule has 0 aromatic heterocycles. The Bertz CT molecular complexity index is 661. The van der Waals surface area contributed by atoms with Crippen LogP contribution in [-0.2, 0) is 0 Å². The van der Waals surface area contributed by atoms with Gasteiger partial charge in [0.05, 0.1) is 11.6 Å². The van der Waals surface area contributed by atoms with Crippen molar-refractivity contribution in [2.24, 2.45) is 9.98 Å². The van der Waals surface area contributed by atoms with Crippen molar-refractivity contribution in [3.63, 3.8) is 0 Å². The van der Waals surface area contributed by atoms with Crippen molar-refractivity contribution in [2.75, 3.05) is 26.2 Å². The molecule has 0 heterocycles. The van der Waals surface area contributed by atoms with E-state index in [-0.39, 0.29) is 5.71 Å². The lowest BCUT2D eigenvalue weighted by Crippen LogP contribution is -2.13. The van der Waals surface area contributed by atoms with E-state index in [2.05, 4.69) is 23.3 Å². The summed E-state index contributed by atoms with van der Waals surface area (Å²) in [5.74, 6) is 0.340. The molecule has 0 amide bonds. The molecule has 3 nitrogen and oxygen atoms in total. The van der Waals surface area contributed by atoms with Gasteiger partial charge in [-0.05, 0) is 30.7 Å². The van der Waals surface area contributed by atoms with Crippen LogP contribution in [0.5, 0.6) is 0 Å². The Labute approximate surface area is 144 Å². The zero-order chi connectivity index (χ0) is 18.3. The van der Waals surface area contributed by atoms with E-state index < -0.39 is 11.9 Å². The largest absolute Gasteiger partial charge is 0.433 e. The minimum absolute atomic E-state index is 0.206. The van der Waals surface area contributed by atoms with E-state index in [4.69, 9.17) is 0 Å². The molecule has 0 unspecified atom stereocenters. The summed E-state index contributed by atoms with van der Waals surface area (Å²) in [7, 11) is 3.70. The van der Waals surface area contributed by atoms with Crippen LogP contribution in [0.1, 0.15) is 11.1 Å². The van der Waals surface area contributed by atoms with Crippen LogP contribution in [0, 0.1) is 0 Å². The Hall–Kier alpha value is -2.02. The molecule has 0 aliphatic heterocycles. The molecule has 0 saturated heterocycles. The first-order valence-electron chi connectivity index (χ1n) is 6.96. The highest BCUT2D eigenvalue weighted by Gasteiger charge is 2.33. The van der Waals surface area contributed by atoms with E-state index in [1.54, 1.807) is 18.2 Å². The molecule has 0 fully saturated rings. The number of halogens is 3. The highest BCUT2D eigenvalue weighted by Crippen LogP contribution is 2.27. The van der Waals surface area contributed by atoms with E-state index in [0.717, 1.165) is 17.3 Å². The molecule has 1 aromatic carbocycles. The fourth-order valence-corrected chi connectivity index (χ4v) is 2.09. The first-order chi connectivity index (χ1) is 11.2. The van der Waals surface area contributed by atoms with Crippen molar-refractivity contribution >= 4 is 29.9 Å². The van der Waals surface area contributed by atoms with Crippen molar-refractivity contribution in [3.8, 4) is 0 Å². The second kappa shape index (κ2) is 8.73. The summed E-state index contributed by atoms with van der Waals surface area (Å²) in [5.41, 5.74) is 1.26. The van der Waals surface area contributed by atoms with Crippen molar-refractivity contribution in [3.05, 3.63) is 53.7 Å². The average Bonchev–Trinajstić information content (AvgIpc) is 2.53. The molecule has 0 radical (unpaired) electrons. The molecule has 7 heteroatoms. The van der Waals surface area contributed by atoms with Gasteiger partial charge in [0, 0.05) is 25.4 Å². The number of allylic oxidation sites excluding steroid dienone is 2. The van der Waals surface area contributed by atoms with Gasteiger partial charge in [-0.3, -0.25) is 9.98 Å². The van der Waals surface area contributed by atoms with E-state index in [1.807, 2.05) is 31.3 Å². The third kappa shape index (κ3) is 5.56. The van der Waals surface area contributed by atoms with Crippen LogP contribution in [0.3, 0.4) is 0 Å². The van der Waals surface area contributed by atoms with Gasteiger partial charge in [-0.25, -0.2) is 0 Å². The van der Waals surface area contributed by atoms with Gasteiger partial charge in [-0.2, -0.15) is 13.2 Å². The monoisotopic (exact) mass is 355 g/mol. The standard InChI is InChI=1S/C17H20F3N3S/c1-12(23(3)4)13-7-6-8-14(9-13)15(22-11-24-5)10-16(21-2)17(18,19)20/h6-10H,1-2,11H2,3-5H3/b16-10-,22-15+. The first kappa shape index (κ1) is 20.0. The normalized spacial score (nSPS) is 12.9. The maximum Gasteiger partial charge on any atom is 0.433 e. The Morgan fingerprint density at radius 2 is 1.92 bits per heavy atom. The summed E-state index contributed by atoms with van der Waals surface area (Å²) in [6, 6.07) is 7.07. The molecule has 0 N–H and O–H groups in total. The summed E-state index contributed by atoms with van der Waals surface area (Å²) in [5, 5.41) is 0. The van der Waals surface area contributed by atoms with Gasteiger partial charge in [0.1, 0.15) is 5.70 Å². The predicted octanol–water partition coefficient (Wildman–Crippen LogP) is 4.48. The number of alkyl halides is 3. The Morgan fingerprint density at radius 3 is 2.42 bits per heavy atom. The molecule has 0 saturated carbocycles. The van der Waals surface area contributed by atoms with Crippen LogP contribution in [0.2, 0.25) is 0 Å². The molecule has 0 aliphatic carbocycles. The average molecular weight is 355 g/mol.